The summed E-state index contributed by atoms with van der Waals surface area (Å²) >= 11 is 5.69. The Kier molecular flexibility index (Phi) is 4.49. The zero-order chi connectivity index (χ0) is 15.4. The van der Waals surface area contributed by atoms with Crippen molar-refractivity contribution in [3.63, 3.8) is 0 Å². The molecule has 2 aromatic rings. The minimum absolute atomic E-state index is 0.268. The second-order valence-electron chi connectivity index (χ2n) is 4.21. The molecule has 0 heterocycles. The molecule has 0 aliphatic heterocycles. The van der Waals surface area contributed by atoms with Crippen LogP contribution in [0.5, 0.6) is 0 Å². The minimum atomic E-state index is -0.757. The summed E-state index contributed by atoms with van der Waals surface area (Å²) < 4.78 is 13.2. The fourth-order valence-electron chi connectivity index (χ4n) is 1.78. The van der Waals surface area contributed by atoms with Crippen molar-refractivity contribution in [3.05, 3.63) is 69.5 Å². The van der Waals surface area contributed by atoms with E-state index in [0.717, 1.165) is 23.8 Å². The summed E-state index contributed by atoms with van der Waals surface area (Å²) in [4.78, 5) is 22.2. The van der Waals surface area contributed by atoms with Gasteiger partial charge in [-0.3, -0.25) is 14.9 Å². The molecule has 2 aromatic carbocycles. The molecule has 0 radical (unpaired) electrons. The number of nitrogens with zero attached hydrogens (tertiary/aromatic N) is 1. The van der Waals surface area contributed by atoms with E-state index in [1.807, 2.05) is 0 Å². The fourth-order valence-corrected chi connectivity index (χ4v) is 1.95. The maximum Gasteiger partial charge on any atom is 0.282 e. The molecule has 1 amide bonds. The molecule has 0 saturated carbocycles. The molecule has 0 saturated heterocycles. The van der Waals surface area contributed by atoms with Crippen molar-refractivity contribution in [3.8, 4) is 0 Å². The lowest BCUT2D eigenvalue weighted by Gasteiger charge is -2.07. The summed E-state index contributed by atoms with van der Waals surface area (Å²) in [6, 6.07) is 9.43. The predicted octanol–water partition coefficient (Wildman–Crippen LogP) is 3.73. The van der Waals surface area contributed by atoms with E-state index < -0.39 is 22.3 Å². The highest BCUT2D eigenvalue weighted by atomic mass is 35.5. The third-order valence-corrected chi connectivity index (χ3v) is 3.05. The number of alkyl halides is 1. The topological polar surface area (TPSA) is 72.2 Å². The van der Waals surface area contributed by atoms with Gasteiger partial charge in [-0.05, 0) is 29.8 Å². The van der Waals surface area contributed by atoms with Crippen LogP contribution in [0.15, 0.2) is 42.5 Å². The van der Waals surface area contributed by atoms with E-state index >= 15 is 0 Å². The van der Waals surface area contributed by atoms with Crippen LogP contribution in [-0.2, 0) is 5.88 Å². The van der Waals surface area contributed by atoms with Gasteiger partial charge in [-0.15, -0.1) is 11.6 Å². The van der Waals surface area contributed by atoms with Crippen LogP contribution in [0.2, 0.25) is 0 Å². The molecule has 0 aliphatic rings. The molecular formula is C14H10ClFN2O3. The number of anilines is 1. The van der Waals surface area contributed by atoms with E-state index in [1.165, 1.54) is 0 Å². The SMILES string of the molecule is O=C(Nc1cccc(CCl)c1)c1cc(F)ccc1[N+](=O)[O-]. The van der Waals surface area contributed by atoms with Gasteiger partial charge in [0, 0.05) is 17.6 Å². The first kappa shape index (κ1) is 14.9. The second-order valence-corrected chi connectivity index (χ2v) is 4.47. The van der Waals surface area contributed by atoms with E-state index in [0.29, 0.717) is 5.69 Å². The third-order valence-electron chi connectivity index (χ3n) is 2.74. The number of rotatable bonds is 4. The summed E-state index contributed by atoms with van der Waals surface area (Å²) in [6.07, 6.45) is 0. The molecule has 1 N–H and O–H groups in total. The van der Waals surface area contributed by atoms with E-state index in [1.54, 1.807) is 24.3 Å². The minimum Gasteiger partial charge on any atom is -0.322 e. The Morgan fingerprint density at radius 3 is 2.71 bits per heavy atom. The number of nitro groups is 1. The summed E-state index contributed by atoms with van der Waals surface area (Å²) in [5.41, 5.74) is 0.415. The van der Waals surface area contributed by atoms with Gasteiger partial charge in [0.2, 0.25) is 0 Å². The number of carbonyl (C=O) groups is 1. The van der Waals surface area contributed by atoms with Crippen LogP contribution in [-0.4, -0.2) is 10.8 Å². The van der Waals surface area contributed by atoms with Gasteiger partial charge in [0.15, 0.2) is 0 Å². The lowest BCUT2D eigenvalue weighted by atomic mass is 10.1. The van der Waals surface area contributed by atoms with Gasteiger partial charge in [0.05, 0.1) is 4.92 Å². The van der Waals surface area contributed by atoms with Gasteiger partial charge >= 0.3 is 0 Å². The van der Waals surface area contributed by atoms with Crippen LogP contribution in [0.4, 0.5) is 15.8 Å². The molecule has 5 nitrogen and oxygen atoms in total. The molecule has 0 bridgehead atoms. The summed E-state index contributed by atoms with van der Waals surface area (Å²) in [5.74, 6) is -1.21. The maximum atomic E-state index is 13.2. The highest BCUT2D eigenvalue weighted by Gasteiger charge is 2.21. The number of benzene rings is 2. The van der Waals surface area contributed by atoms with Crippen molar-refractivity contribution in [2.45, 2.75) is 5.88 Å². The van der Waals surface area contributed by atoms with Gasteiger partial charge in [0.25, 0.3) is 11.6 Å². The maximum absolute atomic E-state index is 13.2. The number of halogens is 2. The fraction of sp³-hybridized carbons (Fsp3) is 0.0714. The molecule has 108 valence electrons. The zero-order valence-electron chi connectivity index (χ0n) is 10.7. The van der Waals surface area contributed by atoms with E-state index in [2.05, 4.69) is 5.32 Å². The number of nitrogens with one attached hydrogen (secondary N) is 1. The Balaban J connectivity index is 2.31. The second kappa shape index (κ2) is 6.32. The first-order chi connectivity index (χ1) is 10.0. The van der Waals surface area contributed by atoms with Crippen molar-refractivity contribution in [1.29, 1.82) is 0 Å². The monoisotopic (exact) mass is 308 g/mol. The van der Waals surface area contributed by atoms with Crippen LogP contribution >= 0.6 is 11.6 Å². The standard InChI is InChI=1S/C14H10ClFN2O3/c15-8-9-2-1-3-11(6-9)17-14(19)12-7-10(16)4-5-13(12)18(20)21/h1-7H,8H2,(H,17,19). The quantitative estimate of drug-likeness (QED) is 0.531. The average Bonchev–Trinajstić information content (AvgIpc) is 2.47. The highest BCUT2D eigenvalue weighted by Crippen LogP contribution is 2.21. The van der Waals surface area contributed by atoms with E-state index in [4.69, 9.17) is 11.6 Å². The predicted molar refractivity (Wildman–Crippen MR) is 77.0 cm³/mol. The molecule has 0 spiro atoms. The molecule has 2 rings (SSSR count). The number of nitro benzene ring substituents is 1. The first-order valence-electron chi connectivity index (χ1n) is 5.91. The van der Waals surface area contributed by atoms with Crippen LogP contribution in [0.25, 0.3) is 0 Å². The molecule has 0 fully saturated rings. The molecule has 7 heteroatoms. The van der Waals surface area contributed by atoms with Crippen molar-refractivity contribution in [2.24, 2.45) is 0 Å². The van der Waals surface area contributed by atoms with Crippen LogP contribution in [0.3, 0.4) is 0 Å². The van der Waals surface area contributed by atoms with Gasteiger partial charge in [-0.25, -0.2) is 4.39 Å². The molecule has 0 aromatic heterocycles. The Labute approximate surface area is 124 Å². The normalized spacial score (nSPS) is 10.2. The highest BCUT2D eigenvalue weighted by molar-refractivity contribution is 6.17. The van der Waals surface area contributed by atoms with Crippen molar-refractivity contribution < 1.29 is 14.1 Å². The number of carbonyl (C=O) groups excluding carboxylic acids is 1. The van der Waals surface area contributed by atoms with E-state index in [9.17, 15) is 19.3 Å². The van der Waals surface area contributed by atoms with Crippen molar-refractivity contribution >= 4 is 28.9 Å². The summed E-state index contributed by atoms with van der Waals surface area (Å²) in [6.45, 7) is 0. The van der Waals surface area contributed by atoms with Crippen LogP contribution in [0, 0.1) is 15.9 Å². The van der Waals surface area contributed by atoms with Gasteiger partial charge in [-0.2, -0.15) is 0 Å². The van der Waals surface area contributed by atoms with Crippen molar-refractivity contribution in [2.75, 3.05) is 5.32 Å². The van der Waals surface area contributed by atoms with Crippen molar-refractivity contribution in [1.82, 2.24) is 0 Å². The summed E-state index contributed by atoms with van der Waals surface area (Å²) in [5, 5.41) is 13.4. The molecule has 21 heavy (non-hydrogen) atoms. The Hall–Kier alpha value is -2.47. The Morgan fingerprint density at radius 2 is 2.05 bits per heavy atom. The van der Waals surface area contributed by atoms with Gasteiger partial charge < -0.3 is 5.32 Å². The zero-order valence-corrected chi connectivity index (χ0v) is 11.4. The van der Waals surface area contributed by atoms with Crippen LogP contribution in [0.1, 0.15) is 15.9 Å². The molecule has 0 aliphatic carbocycles. The Morgan fingerprint density at radius 1 is 1.29 bits per heavy atom. The number of hydrogen-bond acceptors (Lipinski definition) is 3. The van der Waals surface area contributed by atoms with E-state index in [-0.39, 0.29) is 11.4 Å². The first-order valence-corrected chi connectivity index (χ1v) is 6.45. The lowest BCUT2D eigenvalue weighted by molar-refractivity contribution is -0.385. The number of hydrogen-bond donors (Lipinski definition) is 1. The smallest absolute Gasteiger partial charge is 0.282 e. The Bertz CT molecular complexity index is 706. The van der Waals surface area contributed by atoms with Gasteiger partial charge in [-0.1, -0.05) is 12.1 Å². The van der Waals surface area contributed by atoms with Crippen LogP contribution < -0.4 is 5.32 Å². The number of amides is 1. The lowest BCUT2D eigenvalue weighted by Crippen LogP contribution is -2.14. The molecule has 0 atom stereocenters. The van der Waals surface area contributed by atoms with Gasteiger partial charge in [0.1, 0.15) is 11.4 Å². The molecular weight excluding hydrogens is 299 g/mol. The molecule has 0 unspecified atom stereocenters. The third kappa shape index (κ3) is 3.55. The largest absolute Gasteiger partial charge is 0.322 e. The average molecular weight is 309 g/mol. The summed E-state index contributed by atoms with van der Waals surface area (Å²) in [7, 11) is 0.